The lowest BCUT2D eigenvalue weighted by molar-refractivity contribution is -0.313. The molecule has 0 spiro atoms. The Bertz CT molecular complexity index is 568. The summed E-state index contributed by atoms with van der Waals surface area (Å²) in [4.78, 5) is 34.4. The fraction of sp³-hybridized carbons (Fsp3) is 0.438. The zero-order valence-electron chi connectivity index (χ0n) is 12.4. The molecule has 6 nitrogen and oxygen atoms in total. The van der Waals surface area contributed by atoms with E-state index in [9.17, 15) is 19.5 Å². The summed E-state index contributed by atoms with van der Waals surface area (Å²) < 4.78 is 0. The fourth-order valence-electron chi connectivity index (χ4n) is 2.80. The van der Waals surface area contributed by atoms with Gasteiger partial charge in [-0.3, -0.25) is 9.59 Å². The van der Waals surface area contributed by atoms with Crippen molar-refractivity contribution in [3.63, 3.8) is 0 Å². The van der Waals surface area contributed by atoms with E-state index in [-0.39, 0.29) is 11.8 Å². The van der Waals surface area contributed by atoms with E-state index >= 15 is 0 Å². The Hall–Kier alpha value is -2.37. The van der Waals surface area contributed by atoms with Gasteiger partial charge in [-0.25, -0.2) is 0 Å². The first-order valence-corrected chi connectivity index (χ1v) is 7.37. The van der Waals surface area contributed by atoms with Crippen molar-refractivity contribution in [3.05, 3.63) is 24.3 Å². The van der Waals surface area contributed by atoms with E-state index in [2.05, 4.69) is 10.6 Å². The molecule has 1 aliphatic rings. The smallest absolute Gasteiger partial charge is 0.228 e. The Labute approximate surface area is 128 Å². The molecule has 0 aromatic heterocycles. The summed E-state index contributed by atoms with van der Waals surface area (Å²) in [6.45, 7) is 1.42. The van der Waals surface area contributed by atoms with Crippen LogP contribution in [0.5, 0.6) is 0 Å². The monoisotopic (exact) mass is 303 g/mol. The summed E-state index contributed by atoms with van der Waals surface area (Å²) in [7, 11) is 0. The van der Waals surface area contributed by atoms with Crippen molar-refractivity contribution < 1.29 is 19.5 Å². The average Bonchev–Trinajstić information content (AvgIpc) is 2.48. The molecular formula is C16H19N2O4-. The Kier molecular flexibility index (Phi) is 5.14. The molecule has 6 heteroatoms. The van der Waals surface area contributed by atoms with E-state index in [4.69, 9.17) is 0 Å². The number of carboxylic acid groups (broad SMARTS) is 1. The molecule has 22 heavy (non-hydrogen) atoms. The number of hydrogen-bond donors (Lipinski definition) is 2. The van der Waals surface area contributed by atoms with Crippen molar-refractivity contribution in [2.75, 3.05) is 10.6 Å². The molecule has 0 aliphatic heterocycles. The highest BCUT2D eigenvalue weighted by Crippen LogP contribution is 2.30. The van der Waals surface area contributed by atoms with E-state index < -0.39 is 17.8 Å². The van der Waals surface area contributed by atoms with Gasteiger partial charge in [-0.1, -0.05) is 12.8 Å². The van der Waals surface area contributed by atoms with Gasteiger partial charge in [-0.05, 0) is 37.1 Å². The predicted octanol–water partition coefficient (Wildman–Crippen LogP) is 1.14. The third-order valence-electron chi connectivity index (χ3n) is 3.88. The van der Waals surface area contributed by atoms with Crippen LogP contribution < -0.4 is 15.7 Å². The van der Waals surface area contributed by atoms with E-state index in [0.29, 0.717) is 24.2 Å². The molecule has 2 amide bonds. The highest BCUT2D eigenvalue weighted by Gasteiger charge is 2.31. The molecule has 1 saturated carbocycles. The summed E-state index contributed by atoms with van der Waals surface area (Å²) in [5.41, 5.74) is 1.21. The number of carbonyl (C=O) groups is 3. The number of hydrogen-bond acceptors (Lipinski definition) is 4. The maximum Gasteiger partial charge on any atom is 0.228 e. The quantitative estimate of drug-likeness (QED) is 0.871. The van der Waals surface area contributed by atoms with Crippen molar-refractivity contribution in [2.24, 2.45) is 11.8 Å². The van der Waals surface area contributed by atoms with Crippen LogP contribution in [0.3, 0.4) is 0 Å². The van der Waals surface area contributed by atoms with Gasteiger partial charge in [0.05, 0.1) is 0 Å². The minimum absolute atomic E-state index is 0.171. The average molecular weight is 303 g/mol. The first-order chi connectivity index (χ1) is 10.5. The standard InChI is InChI=1S/C16H20N2O4/c1-10(19)17-11-6-8-12(9-7-11)18-15(20)13-4-2-3-5-14(13)16(21)22/h6-9,13-14H,2-5H2,1H3,(H,17,19)(H,18,20)(H,21,22)/p-1/t13-,14+/m0/s1. The van der Waals surface area contributed by atoms with Gasteiger partial charge in [0.25, 0.3) is 0 Å². The SMILES string of the molecule is CC(=O)Nc1ccc(NC(=O)[C@H]2CCCC[C@H]2C(=O)[O-])cc1. The first-order valence-electron chi connectivity index (χ1n) is 7.37. The van der Waals surface area contributed by atoms with Gasteiger partial charge >= 0.3 is 0 Å². The second kappa shape index (κ2) is 7.06. The molecule has 0 heterocycles. The Morgan fingerprint density at radius 3 is 1.95 bits per heavy atom. The fourth-order valence-corrected chi connectivity index (χ4v) is 2.80. The second-order valence-electron chi connectivity index (χ2n) is 5.56. The number of nitrogens with one attached hydrogen (secondary N) is 2. The van der Waals surface area contributed by atoms with Crippen LogP contribution in [0, 0.1) is 11.8 Å². The maximum absolute atomic E-state index is 12.3. The molecule has 118 valence electrons. The van der Waals surface area contributed by atoms with Crippen LogP contribution in [0.15, 0.2) is 24.3 Å². The van der Waals surface area contributed by atoms with E-state index in [1.807, 2.05) is 0 Å². The highest BCUT2D eigenvalue weighted by molar-refractivity contribution is 5.95. The lowest BCUT2D eigenvalue weighted by Gasteiger charge is -2.31. The maximum atomic E-state index is 12.3. The first kappa shape index (κ1) is 16.0. The number of anilines is 2. The molecule has 2 atom stereocenters. The van der Waals surface area contributed by atoms with Crippen molar-refractivity contribution in [1.29, 1.82) is 0 Å². The molecule has 1 aliphatic carbocycles. The summed E-state index contributed by atoms with van der Waals surface area (Å²) in [5.74, 6) is -2.88. The van der Waals surface area contributed by atoms with Gasteiger partial charge < -0.3 is 20.5 Å². The molecular weight excluding hydrogens is 284 g/mol. The van der Waals surface area contributed by atoms with E-state index in [1.165, 1.54) is 6.92 Å². The van der Waals surface area contributed by atoms with Crippen molar-refractivity contribution in [3.8, 4) is 0 Å². The van der Waals surface area contributed by atoms with Gasteiger partial charge in [-0.15, -0.1) is 0 Å². The summed E-state index contributed by atoms with van der Waals surface area (Å²) >= 11 is 0. The molecule has 0 bridgehead atoms. The zero-order valence-corrected chi connectivity index (χ0v) is 12.4. The third-order valence-corrected chi connectivity index (χ3v) is 3.88. The summed E-state index contributed by atoms with van der Waals surface area (Å²) in [6, 6.07) is 6.68. The van der Waals surface area contributed by atoms with Gasteiger partial charge in [0.2, 0.25) is 11.8 Å². The van der Waals surface area contributed by atoms with Gasteiger partial charge in [0.1, 0.15) is 0 Å². The number of rotatable bonds is 4. The van der Waals surface area contributed by atoms with Crippen LogP contribution in [-0.4, -0.2) is 17.8 Å². The van der Waals surface area contributed by atoms with E-state index in [0.717, 1.165) is 12.8 Å². The zero-order chi connectivity index (χ0) is 16.1. The molecule has 2 N–H and O–H groups in total. The van der Waals surface area contributed by atoms with Crippen LogP contribution in [-0.2, 0) is 14.4 Å². The predicted molar refractivity (Wildman–Crippen MR) is 79.8 cm³/mol. The second-order valence-corrected chi connectivity index (χ2v) is 5.56. The van der Waals surface area contributed by atoms with Crippen molar-refractivity contribution >= 4 is 29.2 Å². The van der Waals surface area contributed by atoms with Crippen LogP contribution in [0.25, 0.3) is 0 Å². The molecule has 0 saturated heterocycles. The van der Waals surface area contributed by atoms with Gasteiger partial charge in [0, 0.05) is 36.1 Å². The summed E-state index contributed by atoms with van der Waals surface area (Å²) in [6.07, 6.45) is 2.72. The molecule has 1 fully saturated rings. The highest BCUT2D eigenvalue weighted by atomic mass is 16.4. The molecule has 1 aromatic rings. The number of amides is 2. The molecule has 0 radical (unpaired) electrons. The van der Waals surface area contributed by atoms with Crippen LogP contribution in [0.1, 0.15) is 32.6 Å². The van der Waals surface area contributed by atoms with E-state index in [1.54, 1.807) is 24.3 Å². The number of aliphatic carboxylic acids is 1. The largest absolute Gasteiger partial charge is 0.550 e. The lowest BCUT2D eigenvalue weighted by atomic mass is 9.78. The number of carboxylic acids is 1. The van der Waals surface area contributed by atoms with Crippen LogP contribution in [0.2, 0.25) is 0 Å². The lowest BCUT2D eigenvalue weighted by Crippen LogP contribution is -2.42. The third kappa shape index (κ3) is 4.07. The van der Waals surface area contributed by atoms with Crippen LogP contribution >= 0.6 is 0 Å². The number of carbonyl (C=O) groups excluding carboxylic acids is 3. The molecule has 0 unspecified atom stereocenters. The number of benzene rings is 1. The van der Waals surface area contributed by atoms with Gasteiger partial charge in [0.15, 0.2) is 0 Å². The molecule has 1 aromatic carbocycles. The van der Waals surface area contributed by atoms with Gasteiger partial charge in [-0.2, -0.15) is 0 Å². The molecule has 2 rings (SSSR count). The van der Waals surface area contributed by atoms with Crippen molar-refractivity contribution in [2.45, 2.75) is 32.6 Å². The van der Waals surface area contributed by atoms with Crippen molar-refractivity contribution in [1.82, 2.24) is 0 Å². The normalized spacial score (nSPS) is 21.0. The Morgan fingerprint density at radius 2 is 1.45 bits per heavy atom. The minimum atomic E-state index is -1.15. The van der Waals surface area contributed by atoms with Crippen LogP contribution in [0.4, 0.5) is 11.4 Å². The Morgan fingerprint density at radius 1 is 0.955 bits per heavy atom. The minimum Gasteiger partial charge on any atom is -0.550 e. The summed E-state index contributed by atoms with van der Waals surface area (Å²) in [5, 5.41) is 16.5. The Balaban J connectivity index is 2.01. The topological polar surface area (TPSA) is 98.3 Å².